The Bertz CT molecular complexity index is 801. The number of benzene rings is 1. The molecule has 1 heterocycles. The van der Waals surface area contributed by atoms with E-state index in [-0.39, 0.29) is 11.0 Å². The second-order valence-corrected chi connectivity index (χ2v) is 5.87. The zero-order chi connectivity index (χ0) is 18.8. The summed E-state index contributed by atoms with van der Waals surface area (Å²) in [5, 5.41) is 13.0. The molecule has 0 saturated heterocycles. The minimum Gasteiger partial charge on any atom is -0.437 e. The summed E-state index contributed by atoms with van der Waals surface area (Å²) in [5.74, 6) is -0.372. The first-order chi connectivity index (χ1) is 11.6. The number of nitro benzene ring substituents is 1. The summed E-state index contributed by atoms with van der Waals surface area (Å²) in [6, 6.07) is 2.12. The summed E-state index contributed by atoms with van der Waals surface area (Å²) in [7, 11) is 0. The fourth-order valence-corrected chi connectivity index (χ4v) is 2.52. The fourth-order valence-electron chi connectivity index (χ4n) is 1.81. The number of hydrogen-bond donors (Lipinski definition) is 1. The predicted octanol–water partition coefficient (Wildman–Crippen LogP) is 3.95. The number of nitro groups is 1. The van der Waals surface area contributed by atoms with Crippen LogP contribution in [0.2, 0.25) is 0 Å². The van der Waals surface area contributed by atoms with Gasteiger partial charge in [-0.2, -0.15) is 13.2 Å². The molecule has 0 radical (unpaired) electrons. The number of carbonyl (C=O) groups excluding carboxylic acids is 1. The van der Waals surface area contributed by atoms with Gasteiger partial charge in [0.25, 0.3) is 10.9 Å². The molecule has 0 aliphatic rings. The zero-order valence-corrected chi connectivity index (χ0v) is 13.8. The lowest BCUT2D eigenvalue weighted by molar-refractivity contribution is -0.385. The molecule has 0 bridgehead atoms. The van der Waals surface area contributed by atoms with Gasteiger partial charge in [-0.15, -0.1) is 0 Å². The van der Waals surface area contributed by atoms with Crippen LogP contribution in [0.3, 0.4) is 0 Å². The van der Waals surface area contributed by atoms with Crippen molar-refractivity contribution in [1.29, 1.82) is 0 Å². The van der Waals surface area contributed by atoms with Gasteiger partial charge in [0, 0.05) is 12.1 Å². The van der Waals surface area contributed by atoms with Crippen molar-refractivity contribution in [2.75, 3.05) is 11.1 Å². The lowest BCUT2D eigenvalue weighted by Gasteiger charge is -2.13. The van der Waals surface area contributed by atoms with Crippen LogP contribution in [-0.2, 0) is 11.0 Å². The number of hydrogen-bond acceptors (Lipinski definition) is 6. The van der Waals surface area contributed by atoms with E-state index in [2.05, 4.69) is 10.3 Å². The summed E-state index contributed by atoms with van der Waals surface area (Å²) in [5.41, 5.74) is -1.91. The van der Waals surface area contributed by atoms with E-state index in [1.165, 1.54) is 0 Å². The number of oxazole rings is 1. The van der Waals surface area contributed by atoms with Gasteiger partial charge in [0.1, 0.15) is 5.76 Å². The first-order valence-electron chi connectivity index (χ1n) is 6.80. The molecule has 0 atom stereocenters. The van der Waals surface area contributed by atoms with Gasteiger partial charge < -0.3 is 9.73 Å². The van der Waals surface area contributed by atoms with Crippen LogP contribution in [0.15, 0.2) is 27.8 Å². The minimum absolute atomic E-state index is 0.227. The Balaban J connectivity index is 2.12. The molecule has 0 aliphatic heterocycles. The summed E-state index contributed by atoms with van der Waals surface area (Å²) < 4.78 is 44.4. The standard InChI is InChI=1S/C14H12F3N3O4S/c1-7-8(2)24-13(18-7)25-6-12(21)19-11-4-3-9(20(22)23)5-10(11)14(15,16)17/h3-5H,6H2,1-2H3,(H,19,21). The number of carbonyl (C=O) groups is 1. The molecule has 11 heteroatoms. The molecular weight excluding hydrogens is 363 g/mol. The van der Waals surface area contributed by atoms with Crippen LogP contribution in [-0.4, -0.2) is 21.6 Å². The van der Waals surface area contributed by atoms with Gasteiger partial charge in [-0.05, 0) is 19.9 Å². The first kappa shape index (κ1) is 18.8. The Morgan fingerprint density at radius 1 is 1.40 bits per heavy atom. The van der Waals surface area contributed by atoms with Gasteiger partial charge >= 0.3 is 6.18 Å². The van der Waals surface area contributed by atoms with Crippen molar-refractivity contribution in [2.24, 2.45) is 0 Å². The maximum Gasteiger partial charge on any atom is 0.418 e. The van der Waals surface area contributed by atoms with E-state index in [0.717, 1.165) is 23.9 Å². The van der Waals surface area contributed by atoms with Crippen molar-refractivity contribution in [1.82, 2.24) is 4.98 Å². The molecule has 7 nitrogen and oxygen atoms in total. The van der Waals surface area contributed by atoms with Crippen molar-refractivity contribution < 1.29 is 27.3 Å². The predicted molar refractivity (Wildman–Crippen MR) is 83.4 cm³/mol. The number of aromatic nitrogens is 1. The van der Waals surface area contributed by atoms with Crippen LogP contribution in [0.1, 0.15) is 17.0 Å². The molecule has 0 spiro atoms. The molecule has 1 aromatic carbocycles. The molecule has 1 N–H and O–H groups in total. The summed E-state index contributed by atoms with van der Waals surface area (Å²) >= 11 is 0.925. The fraction of sp³-hybridized carbons (Fsp3) is 0.286. The molecule has 0 aliphatic carbocycles. The third-order valence-electron chi connectivity index (χ3n) is 3.13. The Hall–Kier alpha value is -2.56. The molecule has 1 aromatic heterocycles. The Morgan fingerprint density at radius 3 is 2.60 bits per heavy atom. The normalized spacial score (nSPS) is 11.4. The summed E-state index contributed by atoms with van der Waals surface area (Å²) in [4.78, 5) is 25.6. The number of nitrogens with one attached hydrogen (secondary N) is 1. The van der Waals surface area contributed by atoms with Crippen LogP contribution in [0.4, 0.5) is 24.5 Å². The number of nitrogens with zero attached hydrogens (tertiary/aromatic N) is 2. The van der Waals surface area contributed by atoms with Gasteiger partial charge in [0.15, 0.2) is 0 Å². The number of non-ortho nitro benzene ring substituents is 1. The zero-order valence-electron chi connectivity index (χ0n) is 13.0. The van der Waals surface area contributed by atoms with E-state index in [0.29, 0.717) is 17.5 Å². The lowest BCUT2D eigenvalue weighted by Crippen LogP contribution is -2.18. The summed E-state index contributed by atoms with van der Waals surface area (Å²) in [6.45, 7) is 3.41. The molecule has 0 fully saturated rings. The van der Waals surface area contributed by atoms with Crippen molar-refractivity contribution >= 4 is 29.0 Å². The number of alkyl halides is 3. The highest BCUT2D eigenvalue weighted by Gasteiger charge is 2.35. The summed E-state index contributed by atoms with van der Waals surface area (Å²) in [6.07, 6.45) is -4.85. The Labute approximate surface area is 143 Å². The number of rotatable bonds is 5. The smallest absolute Gasteiger partial charge is 0.418 e. The second-order valence-electron chi connectivity index (χ2n) is 4.94. The highest BCUT2D eigenvalue weighted by Crippen LogP contribution is 2.37. The number of anilines is 1. The highest BCUT2D eigenvalue weighted by molar-refractivity contribution is 7.99. The first-order valence-corrected chi connectivity index (χ1v) is 7.79. The maximum absolute atomic E-state index is 13.0. The molecule has 25 heavy (non-hydrogen) atoms. The maximum atomic E-state index is 13.0. The van der Waals surface area contributed by atoms with Gasteiger partial charge in [-0.25, -0.2) is 4.98 Å². The van der Waals surface area contributed by atoms with Crippen molar-refractivity contribution in [3.63, 3.8) is 0 Å². The highest BCUT2D eigenvalue weighted by atomic mass is 32.2. The van der Waals surface area contributed by atoms with E-state index in [4.69, 9.17) is 4.42 Å². The van der Waals surface area contributed by atoms with Crippen LogP contribution in [0, 0.1) is 24.0 Å². The van der Waals surface area contributed by atoms with E-state index >= 15 is 0 Å². The molecule has 0 unspecified atom stereocenters. The van der Waals surface area contributed by atoms with Crippen LogP contribution >= 0.6 is 11.8 Å². The number of aryl methyl sites for hydroxylation is 2. The van der Waals surface area contributed by atoms with Crippen molar-refractivity contribution in [3.05, 3.63) is 45.3 Å². The van der Waals surface area contributed by atoms with E-state index in [1.54, 1.807) is 13.8 Å². The monoisotopic (exact) mass is 375 g/mol. The van der Waals surface area contributed by atoms with E-state index < -0.39 is 33.9 Å². The molecule has 1 amide bonds. The minimum atomic E-state index is -4.85. The van der Waals surface area contributed by atoms with Gasteiger partial charge in [-0.1, -0.05) is 11.8 Å². The Morgan fingerprint density at radius 2 is 2.08 bits per heavy atom. The topological polar surface area (TPSA) is 98.3 Å². The van der Waals surface area contributed by atoms with E-state index in [9.17, 15) is 28.1 Å². The molecule has 2 rings (SSSR count). The van der Waals surface area contributed by atoms with Gasteiger partial charge in [0.05, 0.1) is 27.6 Å². The van der Waals surface area contributed by atoms with Crippen molar-refractivity contribution in [2.45, 2.75) is 25.2 Å². The lowest BCUT2D eigenvalue weighted by atomic mass is 10.1. The van der Waals surface area contributed by atoms with Crippen LogP contribution in [0.5, 0.6) is 0 Å². The van der Waals surface area contributed by atoms with E-state index in [1.807, 2.05) is 0 Å². The number of thioether (sulfide) groups is 1. The molecule has 0 saturated carbocycles. The molecule has 134 valence electrons. The number of halogens is 3. The van der Waals surface area contributed by atoms with Crippen LogP contribution in [0.25, 0.3) is 0 Å². The van der Waals surface area contributed by atoms with Crippen molar-refractivity contribution in [3.8, 4) is 0 Å². The third-order valence-corrected chi connectivity index (χ3v) is 3.96. The molecular formula is C14H12F3N3O4S. The molecule has 2 aromatic rings. The second kappa shape index (κ2) is 7.13. The van der Waals surface area contributed by atoms with Crippen LogP contribution < -0.4 is 5.32 Å². The average molecular weight is 375 g/mol. The number of amides is 1. The Kier molecular flexibility index (Phi) is 5.36. The van der Waals surface area contributed by atoms with Gasteiger partial charge in [0.2, 0.25) is 5.91 Å². The quantitative estimate of drug-likeness (QED) is 0.483. The van der Waals surface area contributed by atoms with Gasteiger partial charge in [-0.3, -0.25) is 14.9 Å². The average Bonchev–Trinajstić information content (AvgIpc) is 2.83. The SMILES string of the molecule is Cc1nc(SCC(=O)Nc2ccc([N+](=O)[O-])cc2C(F)(F)F)oc1C. The third kappa shape index (κ3) is 4.72. The largest absolute Gasteiger partial charge is 0.437 e.